The van der Waals surface area contributed by atoms with Gasteiger partial charge in [-0.2, -0.15) is 0 Å². The lowest BCUT2D eigenvalue weighted by Crippen LogP contribution is -2.25. The van der Waals surface area contributed by atoms with Gasteiger partial charge in [-0.1, -0.05) is 33.6 Å². The van der Waals surface area contributed by atoms with E-state index in [-0.39, 0.29) is 16.1 Å². The Labute approximate surface area is 127 Å². The summed E-state index contributed by atoms with van der Waals surface area (Å²) in [4.78, 5) is 0. The average molecular weight is 366 g/mol. The highest BCUT2D eigenvalue weighted by Gasteiger charge is 2.33. The smallest absolute Gasteiger partial charge is 0.194 e. The summed E-state index contributed by atoms with van der Waals surface area (Å²) >= 11 is 9.21. The standard InChI is InChI=1S/C14H9BrClF3O/c1-14(20,8-3-2-7(15)6-10(8)16)9-4-5-11(17)13(19)12(9)18/h2-6,20H,1H3. The lowest BCUT2D eigenvalue weighted by molar-refractivity contribution is 0.0968. The highest BCUT2D eigenvalue weighted by Crippen LogP contribution is 2.37. The highest BCUT2D eigenvalue weighted by atomic mass is 79.9. The van der Waals surface area contributed by atoms with Crippen molar-refractivity contribution in [3.8, 4) is 0 Å². The van der Waals surface area contributed by atoms with Crippen LogP contribution < -0.4 is 0 Å². The number of aliphatic hydroxyl groups is 1. The van der Waals surface area contributed by atoms with E-state index in [0.717, 1.165) is 12.1 Å². The summed E-state index contributed by atoms with van der Waals surface area (Å²) in [5.41, 5.74) is -2.09. The van der Waals surface area contributed by atoms with Gasteiger partial charge in [-0.15, -0.1) is 0 Å². The summed E-state index contributed by atoms with van der Waals surface area (Å²) in [6.07, 6.45) is 0. The Morgan fingerprint density at radius 1 is 1.05 bits per heavy atom. The molecule has 0 aliphatic heterocycles. The van der Waals surface area contributed by atoms with E-state index in [1.807, 2.05) is 0 Å². The quantitative estimate of drug-likeness (QED) is 0.760. The van der Waals surface area contributed by atoms with Gasteiger partial charge in [-0.3, -0.25) is 0 Å². The van der Waals surface area contributed by atoms with Crippen LogP contribution >= 0.6 is 27.5 Å². The van der Waals surface area contributed by atoms with Gasteiger partial charge in [-0.25, -0.2) is 13.2 Å². The molecule has 0 amide bonds. The molecule has 0 saturated carbocycles. The van der Waals surface area contributed by atoms with Crippen LogP contribution in [0.15, 0.2) is 34.8 Å². The fourth-order valence-corrected chi connectivity index (χ4v) is 2.79. The third kappa shape index (κ3) is 2.57. The molecule has 0 fully saturated rings. The maximum atomic E-state index is 13.8. The minimum absolute atomic E-state index is 0.175. The molecule has 0 heterocycles. The molecule has 2 aromatic rings. The molecule has 1 nitrogen and oxygen atoms in total. The van der Waals surface area contributed by atoms with Crippen LogP contribution in [0.4, 0.5) is 13.2 Å². The molecule has 0 bridgehead atoms. The van der Waals surface area contributed by atoms with E-state index in [1.165, 1.54) is 19.1 Å². The van der Waals surface area contributed by atoms with E-state index >= 15 is 0 Å². The molecule has 20 heavy (non-hydrogen) atoms. The summed E-state index contributed by atoms with van der Waals surface area (Å²) in [6.45, 7) is 1.26. The van der Waals surface area contributed by atoms with Gasteiger partial charge in [0, 0.05) is 20.6 Å². The van der Waals surface area contributed by atoms with Crippen LogP contribution in [0.3, 0.4) is 0 Å². The SMILES string of the molecule is CC(O)(c1ccc(Br)cc1Cl)c1ccc(F)c(F)c1F. The molecule has 0 aromatic heterocycles. The fraction of sp³-hybridized carbons (Fsp3) is 0.143. The molecule has 1 unspecified atom stereocenters. The average Bonchev–Trinajstić information content (AvgIpc) is 2.35. The van der Waals surface area contributed by atoms with Gasteiger partial charge in [0.2, 0.25) is 0 Å². The Hall–Kier alpha value is -1.04. The van der Waals surface area contributed by atoms with E-state index < -0.39 is 23.1 Å². The van der Waals surface area contributed by atoms with Gasteiger partial charge in [0.15, 0.2) is 17.5 Å². The van der Waals surface area contributed by atoms with Gasteiger partial charge < -0.3 is 5.11 Å². The Morgan fingerprint density at radius 3 is 2.25 bits per heavy atom. The van der Waals surface area contributed by atoms with Gasteiger partial charge >= 0.3 is 0 Å². The Kier molecular flexibility index (Phi) is 4.14. The molecular formula is C14H9BrClF3O. The number of hydrogen-bond donors (Lipinski definition) is 1. The third-order valence-electron chi connectivity index (χ3n) is 3.02. The van der Waals surface area contributed by atoms with E-state index in [0.29, 0.717) is 4.47 Å². The first kappa shape index (κ1) is 15.4. The molecule has 106 valence electrons. The predicted octanol–water partition coefficient (Wildman–Crippen LogP) is 4.78. The summed E-state index contributed by atoms with van der Waals surface area (Å²) in [5.74, 6) is -4.38. The van der Waals surface area contributed by atoms with Crippen molar-refractivity contribution in [2.75, 3.05) is 0 Å². The van der Waals surface area contributed by atoms with Crippen LogP contribution in [-0.2, 0) is 5.60 Å². The predicted molar refractivity (Wildman–Crippen MR) is 74.1 cm³/mol. The first-order valence-corrected chi connectivity index (χ1v) is 6.74. The van der Waals surface area contributed by atoms with Crippen LogP contribution in [0.25, 0.3) is 0 Å². The molecule has 2 rings (SSSR count). The molecule has 0 aliphatic rings. The minimum Gasteiger partial charge on any atom is -0.381 e. The van der Waals surface area contributed by atoms with E-state index in [1.54, 1.807) is 6.07 Å². The van der Waals surface area contributed by atoms with E-state index in [4.69, 9.17) is 11.6 Å². The molecule has 0 saturated heterocycles. The summed E-state index contributed by atoms with van der Waals surface area (Å²) in [6, 6.07) is 6.35. The van der Waals surface area contributed by atoms with Gasteiger partial charge in [0.05, 0.1) is 0 Å². The lowest BCUT2D eigenvalue weighted by atomic mass is 9.87. The minimum atomic E-state index is -1.89. The summed E-state index contributed by atoms with van der Waals surface area (Å²) in [7, 11) is 0. The molecule has 1 N–H and O–H groups in total. The van der Waals surface area contributed by atoms with Crippen molar-refractivity contribution >= 4 is 27.5 Å². The first-order chi connectivity index (χ1) is 9.25. The molecule has 6 heteroatoms. The van der Waals surface area contributed by atoms with Crippen molar-refractivity contribution in [1.29, 1.82) is 0 Å². The summed E-state index contributed by atoms with van der Waals surface area (Å²) in [5, 5.41) is 10.7. The monoisotopic (exact) mass is 364 g/mol. The molecule has 0 spiro atoms. The maximum absolute atomic E-state index is 13.8. The second-order valence-electron chi connectivity index (χ2n) is 4.42. The van der Waals surface area contributed by atoms with Gasteiger partial charge in [0.1, 0.15) is 5.60 Å². The largest absolute Gasteiger partial charge is 0.381 e. The zero-order valence-electron chi connectivity index (χ0n) is 10.2. The fourth-order valence-electron chi connectivity index (χ4n) is 1.93. The van der Waals surface area contributed by atoms with Crippen LogP contribution in [0.2, 0.25) is 5.02 Å². The molecule has 0 aliphatic carbocycles. The van der Waals surface area contributed by atoms with Crippen LogP contribution in [0.1, 0.15) is 18.1 Å². The second kappa shape index (κ2) is 5.39. The van der Waals surface area contributed by atoms with Crippen molar-refractivity contribution in [3.05, 3.63) is 68.4 Å². The van der Waals surface area contributed by atoms with Crippen molar-refractivity contribution in [2.24, 2.45) is 0 Å². The Morgan fingerprint density at radius 2 is 1.65 bits per heavy atom. The molecule has 2 aromatic carbocycles. The van der Waals surface area contributed by atoms with Crippen LogP contribution in [0.5, 0.6) is 0 Å². The number of rotatable bonds is 2. The van der Waals surface area contributed by atoms with Crippen LogP contribution in [0, 0.1) is 17.5 Å². The Balaban J connectivity index is 2.63. The number of benzene rings is 2. The number of halogens is 5. The molecule has 1 atom stereocenters. The van der Waals surface area contributed by atoms with Crippen molar-refractivity contribution in [3.63, 3.8) is 0 Å². The third-order valence-corrected chi connectivity index (χ3v) is 3.82. The first-order valence-electron chi connectivity index (χ1n) is 5.57. The van der Waals surface area contributed by atoms with E-state index in [2.05, 4.69) is 15.9 Å². The summed E-state index contributed by atoms with van der Waals surface area (Å²) < 4.78 is 40.8. The number of hydrogen-bond acceptors (Lipinski definition) is 1. The van der Waals surface area contributed by atoms with Crippen molar-refractivity contribution < 1.29 is 18.3 Å². The zero-order chi connectivity index (χ0) is 15.1. The zero-order valence-corrected chi connectivity index (χ0v) is 12.6. The molecule has 0 radical (unpaired) electrons. The normalized spacial score (nSPS) is 14.2. The van der Waals surface area contributed by atoms with Gasteiger partial charge in [-0.05, 0) is 31.2 Å². The highest BCUT2D eigenvalue weighted by molar-refractivity contribution is 9.10. The van der Waals surface area contributed by atoms with Gasteiger partial charge in [0.25, 0.3) is 0 Å². The maximum Gasteiger partial charge on any atom is 0.194 e. The van der Waals surface area contributed by atoms with Crippen molar-refractivity contribution in [1.82, 2.24) is 0 Å². The molecular weight excluding hydrogens is 357 g/mol. The van der Waals surface area contributed by atoms with E-state index in [9.17, 15) is 18.3 Å². The second-order valence-corrected chi connectivity index (χ2v) is 5.74. The van der Waals surface area contributed by atoms with Crippen molar-refractivity contribution in [2.45, 2.75) is 12.5 Å². The lowest BCUT2D eigenvalue weighted by Gasteiger charge is -2.26. The van der Waals surface area contributed by atoms with Crippen LogP contribution in [-0.4, -0.2) is 5.11 Å². The Bertz CT molecular complexity index is 674. The topological polar surface area (TPSA) is 20.2 Å².